The molecule has 1 heterocycles. The van der Waals surface area contributed by atoms with Crippen molar-refractivity contribution >= 4 is 17.4 Å². The molecule has 0 aromatic heterocycles. The highest BCUT2D eigenvalue weighted by Gasteiger charge is 2.32. The lowest BCUT2D eigenvalue weighted by atomic mass is 9.91. The van der Waals surface area contributed by atoms with Crippen molar-refractivity contribution in [2.45, 2.75) is 32.3 Å². The summed E-state index contributed by atoms with van der Waals surface area (Å²) >= 11 is 5.61. The second kappa shape index (κ2) is 5.81. The van der Waals surface area contributed by atoms with Crippen LogP contribution in [-0.2, 0) is 16.0 Å². The van der Waals surface area contributed by atoms with Crippen molar-refractivity contribution in [3.05, 3.63) is 34.6 Å². The van der Waals surface area contributed by atoms with Crippen LogP contribution < -0.4 is 0 Å². The van der Waals surface area contributed by atoms with Gasteiger partial charge in [-0.2, -0.15) is 0 Å². The molecule has 2 atom stereocenters. The number of benzene rings is 1. The predicted octanol–water partition coefficient (Wildman–Crippen LogP) is 3.41. The van der Waals surface area contributed by atoms with Crippen molar-refractivity contribution < 1.29 is 13.9 Å². The minimum atomic E-state index is -0.475. The van der Waals surface area contributed by atoms with E-state index in [0.29, 0.717) is 12.2 Å². The normalized spacial score (nSPS) is 23.3. The van der Waals surface area contributed by atoms with E-state index in [-0.39, 0.29) is 29.2 Å². The number of ether oxygens (including phenoxy) is 1. The monoisotopic (exact) mass is 270 g/mol. The maximum absolute atomic E-state index is 13.3. The molecule has 98 valence electrons. The summed E-state index contributed by atoms with van der Waals surface area (Å²) < 4.78 is 18.8. The third kappa shape index (κ3) is 2.90. The maximum atomic E-state index is 13.3. The number of carbonyl (C=O) groups is 1. The van der Waals surface area contributed by atoms with Crippen LogP contribution in [0.2, 0.25) is 5.02 Å². The first-order chi connectivity index (χ1) is 8.61. The smallest absolute Gasteiger partial charge is 0.143 e. The Bertz CT molecular complexity index is 447. The Morgan fingerprint density at radius 2 is 2.33 bits per heavy atom. The predicted molar refractivity (Wildman–Crippen MR) is 68.3 cm³/mol. The van der Waals surface area contributed by atoms with Crippen LogP contribution in [0.5, 0.6) is 0 Å². The molecule has 0 radical (unpaired) electrons. The van der Waals surface area contributed by atoms with E-state index in [1.165, 1.54) is 12.1 Å². The molecule has 1 aromatic carbocycles. The van der Waals surface area contributed by atoms with E-state index in [9.17, 15) is 9.18 Å². The number of hydrogen-bond donors (Lipinski definition) is 0. The molecule has 0 bridgehead atoms. The topological polar surface area (TPSA) is 26.3 Å². The number of Topliss-reactive ketones (excluding diaryl/α,β-unsaturated/α-hetero) is 1. The van der Waals surface area contributed by atoms with Crippen LogP contribution in [0, 0.1) is 11.7 Å². The minimum absolute atomic E-state index is 0.0228. The second-order valence-corrected chi connectivity index (χ2v) is 5.01. The largest absolute Gasteiger partial charge is 0.377 e. The van der Waals surface area contributed by atoms with Crippen LogP contribution in [-0.4, -0.2) is 18.5 Å². The first-order valence-electron chi connectivity index (χ1n) is 6.20. The number of hydrogen-bond acceptors (Lipinski definition) is 2. The molecule has 4 heteroatoms. The minimum Gasteiger partial charge on any atom is -0.377 e. The maximum Gasteiger partial charge on any atom is 0.143 e. The molecule has 0 amide bonds. The number of rotatable bonds is 4. The summed E-state index contributed by atoms with van der Waals surface area (Å²) in [6.07, 6.45) is 1.88. The van der Waals surface area contributed by atoms with E-state index >= 15 is 0 Å². The Labute approximate surface area is 111 Å². The number of halogens is 2. The van der Waals surface area contributed by atoms with Gasteiger partial charge in [-0.25, -0.2) is 4.39 Å². The molecule has 1 aromatic rings. The molecule has 2 nitrogen and oxygen atoms in total. The van der Waals surface area contributed by atoms with Gasteiger partial charge >= 0.3 is 0 Å². The summed E-state index contributed by atoms with van der Waals surface area (Å²) in [5, 5.41) is 0.0850. The number of ketones is 1. The Balaban J connectivity index is 2.04. The SMILES string of the molecule is CCC1OCCC1C(=O)Cc1ccc(Cl)c(F)c1. The van der Waals surface area contributed by atoms with Gasteiger partial charge in [0, 0.05) is 18.9 Å². The van der Waals surface area contributed by atoms with Crippen LogP contribution in [0.1, 0.15) is 25.3 Å². The van der Waals surface area contributed by atoms with Gasteiger partial charge in [0.2, 0.25) is 0 Å². The van der Waals surface area contributed by atoms with Gasteiger partial charge in [-0.05, 0) is 30.5 Å². The summed E-state index contributed by atoms with van der Waals surface area (Å²) in [7, 11) is 0. The van der Waals surface area contributed by atoms with Crippen molar-refractivity contribution in [2.24, 2.45) is 5.92 Å². The molecule has 1 aliphatic heterocycles. The van der Waals surface area contributed by atoms with Crippen molar-refractivity contribution in [1.82, 2.24) is 0 Å². The van der Waals surface area contributed by atoms with Gasteiger partial charge in [0.15, 0.2) is 0 Å². The first-order valence-corrected chi connectivity index (χ1v) is 6.58. The Kier molecular flexibility index (Phi) is 4.36. The molecular weight excluding hydrogens is 255 g/mol. The molecule has 2 rings (SSSR count). The summed E-state index contributed by atoms with van der Waals surface area (Å²) in [6, 6.07) is 4.51. The summed E-state index contributed by atoms with van der Waals surface area (Å²) in [4.78, 5) is 12.1. The lowest BCUT2D eigenvalue weighted by Gasteiger charge is -2.15. The molecule has 0 aliphatic carbocycles. The lowest BCUT2D eigenvalue weighted by molar-refractivity contribution is -0.123. The van der Waals surface area contributed by atoms with Gasteiger partial charge < -0.3 is 4.74 Å². The van der Waals surface area contributed by atoms with Gasteiger partial charge in [0.25, 0.3) is 0 Å². The first kappa shape index (κ1) is 13.5. The van der Waals surface area contributed by atoms with E-state index in [0.717, 1.165) is 12.8 Å². The van der Waals surface area contributed by atoms with E-state index in [1.54, 1.807) is 6.07 Å². The van der Waals surface area contributed by atoms with Gasteiger partial charge in [-0.1, -0.05) is 24.6 Å². The van der Waals surface area contributed by atoms with Gasteiger partial charge in [-0.3, -0.25) is 4.79 Å². The zero-order chi connectivity index (χ0) is 13.1. The molecule has 0 saturated carbocycles. The Morgan fingerprint density at radius 3 is 3.00 bits per heavy atom. The van der Waals surface area contributed by atoms with Crippen LogP contribution in [0.15, 0.2) is 18.2 Å². The molecule has 1 aliphatic rings. The van der Waals surface area contributed by atoms with E-state index < -0.39 is 5.82 Å². The third-order valence-electron chi connectivity index (χ3n) is 3.39. The van der Waals surface area contributed by atoms with Crippen molar-refractivity contribution in [3.8, 4) is 0 Å². The van der Waals surface area contributed by atoms with Gasteiger partial charge in [0.05, 0.1) is 11.1 Å². The zero-order valence-electron chi connectivity index (χ0n) is 10.3. The van der Waals surface area contributed by atoms with Crippen molar-refractivity contribution in [2.75, 3.05) is 6.61 Å². The highest BCUT2D eigenvalue weighted by Crippen LogP contribution is 2.26. The fraction of sp³-hybridized carbons (Fsp3) is 0.500. The molecular formula is C14H16ClFO2. The van der Waals surface area contributed by atoms with Crippen LogP contribution in [0.4, 0.5) is 4.39 Å². The van der Waals surface area contributed by atoms with Gasteiger partial charge in [0.1, 0.15) is 11.6 Å². The van der Waals surface area contributed by atoms with E-state index in [1.807, 2.05) is 6.92 Å². The van der Waals surface area contributed by atoms with Crippen LogP contribution in [0.25, 0.3) is 0 Å². The van der Waals surface area contributed by atoms with Crippen LogP contribution >= 0.6 is 11.6 Å². The molecule has 0 N–H and O–H groups in total. The average molecular weight is 271 g/mol. The van der Waals surface area contributed by atoms with Crippen LogP contribution in [0.3, 0.4) is 0 Å². The third-order valence-corrected chi connectivity index (χ3v) is 3.69. The van der Waals surface area contributed by atoms with Gasteiger partial charge in [-0.15, -0.1) is 0 Å². The van der Waals surface area contributed by atoms with Crippen molar-refractivity contribution in [1.29, 1.82) is 0 Å². The lowest BCUT2D eigenvalue weighted by Crippen LogP contribution is -2.25. The molecule has 1 saturated heterocycles. The molecule has 18 heavy (non-hydrogen) atoms. The standard InChI is InChI=1S/C14H16ClFO2/c1-2-14-10(5-6-18-14)13(17)8-9-3-4-11(15)12(16)7-9/h3-4,7,10,14H,2,5-6,8H2,1H3. The summed E-state index contributed by atoms with van der Waals surface area (Å²) in [6.45, 7) is 2.65. The quantitative estimate of drug-likeness (QED) is 0.838. The highest BCUT2D eigenvalue weighted by atomic mass is 35.5. The zero-order valence-corrected chi connectivity index (χ0v) is 11.0. The molecule has 2 unspecified atom stereocenters. The summed E-state index contributed by atoms with van der Waals surface area (Å²) in [5.41, 5.74) is 0.670. The fourth-order valence-electron chi connectivity index (χ4n) is 2.40. The Hall–Kier alpha value is -0.930. The van der Waals surface area contributed by atoms with E-state index in [4.69, 9.17) is 16.3 Å². The van der Waals surface area contributed by atoms with Crippen molar-refractivity contribution in [3.63, 3.8) is 0 Å². The average Bonchev–Trinajstić information content (AvgIpc) is 2.82. The molecule has 0 spiro atoms. The second-order valence-electron chi connectivity index (χ2n) is 4.60. The Morgan fingerprint density at radius 1 is 1.56 bits per heavy atom. The fourth-order valence-corrected chi connectivity index (χ4v) is 2.52. The highest BCUT2D eigenvalue weighted by molar-refractivity contribution is 6.30. The molecule has 1 fully saturated rings. The number of carbonyl (C=O) groups excluding carboxylic acids is 1. The summed E-state index contributed by atoms with van der Waals surface area (Å²) in [5.74, 6) is -0.397. The van der Waals surface area contributed by atoms with E-state index in [2.05, 4.69) is 0 Å².